The van der Waals surface area contributed by atoms with Crippen LogP contribution in [0.2, 0.25) is 0 Å². The quantitative estimate of drug-likeness (QED) is 0.212. The van der Waals surface area contributed by atoms with Crippen LogP contribution in [0.3, 0.4) is 0 Å². The molecule has 1 amide bonds. The Labute approximate surface area is 205 Å². The van der Waals surface area contributed by atoms with E-state index in [1.807, 2.05) is 13.8 Å². The van der Waals surface area contributed by atoms with Crippen molar-refractivity contribution in [2.24, 2.45) is 0 Å². The van der Waals surface area contributed by atoms with Crippen molar-refractivity contribution in [1.29, 1.82) is 0 Å². The molecule has 2 unspecified atom stereocenters. The van der Waals surface area contributed by atoms with Gasteiger partial charge in [0, 0.05) is 23.7 Å². The summed E-state index contributed by atoms with van der Waals surface area (Å²) in [6.45, 7) is 4.23. The highest BCUT2D eigenvalue weighted by Gasteiger charge is 2.21. The van der Waals surface area contributed by atoms with Crippen LogP contribution in [0.4, 0.5) is 11.6 Å². The molecule has 0 aliphatic rings. The Balaban J connectivity index is 1.62. The summed E-state index contributed by atoms with van der Waals surface area (Å²) in [6, 6.07) is 5.07. The zero-order chi connectivity index (χ0) is 26.2. The number of hydrogen-bond donors (Lipinski definition) is 6. The number of carbonyl (C=O) groups excluding carboxylic acids is 1. The fourth-order valence-electron chi connectivity index (χ4n) is 3.14. The van der Waals surface area contributed by atoms with E-state index < -0.39 is 29.4 Å². The number of aromatic amines is 1. The number of anilines is 2. The Morgan fingerprint density at radius 1 is 1.11 bits per heavy atom. The largest absolute Gasteiger partial charge is 0.481 e. The van der Waals surface area contributed by atoms with Gasteiger partial charge >= 0.3 is 11.9 Å². The molecule has 36 heavy (non-hydrogen) atoms. The van der Waals surface area contributed by atoms with E-state index in [1.165, 1.54) is 18.3 Å². The molecule has 13 heteroatoms. The molecule has 0 aliphatic heterocycles. The highest BCUT2D eigenvalue weighted by molar-refractivity contribution is 5.96. The molecule has 0 saturated heterocycles. The third kappa shape index (κ3) is 6.98. The second-order valence-corrected chi connectivity index (χ2v) is 8.13. The monoisotopic (exact) mass is 497 g/mol. The number of amides is 1. The van der Waals surface area contributed by atoms with Crippen molar-refractivity contribution in [1.82, 2.24) is 25.3 Å². The first-order valence-corrected chi connectivity index (χ1v) is 11.3. The van der Waals surface area contributed by atoms with Crippen molar-refractivity contribution in [3.8, 4) is 0 Å². The van der Waals surface area contributed by atoms with E-state index in [0.29, 0.717) is 17.3 Å². The molecule has 0 aliphatic carbocycles. The summed E-state index contributed by atoms with van der Waals surface area (Å²) in [6.07, 6.45) is 1.77. The molecule has 3 aromatic rings. The highest BCUT2D eigenvalue weighted by Crippen LogP contribution is 2.13. The number of fused-ring (bicyclic) bond motifs is 1. The lowest BCUT2D eigenvalue weighted by Gasteiger charge is -2.14. The third-order valence-electron chi connectivity index (χ3n) is 5.33. The molecule has 2 heterocycles. The Hall–Kier alpha value is -4.55. The molecule has 2 aromatic heterocycles. The standard InChI is InChI=1S/C23H27N7O6/c1-3-12(2)26-23-29-19-18(21(34)30-23)27-15(11-25-19)10-24-14-6-4-13(5-7-14)20(33)28-16(22(35)36)8-9-17(31)32/h4-7,11-12,16,24H,3,8-10H2,1-2H3,(H,28,33)(H,31,32)(H,35,36)(H2,25,26,29,30,34). The van der Waals surface area contributed by atoms with Crippen molar-refractivity contribution in [3.05, 3.63) is 52.1 Å². The number of rotatable bonds is 12. The van der Waals surface area contributed by atoms with E-state index in [1.54, 1.807) is 12.1 Å². The van der Waals surface area contributed by atoms with Crippen LogP contribution in [0.5, 0.6) is 0 Å². The number of nitrogens with zero attached hydrogens (tertiary/aromatic N) is 3. The average molecular weight is 498 g/mol. The van der Waals surface area contributed by atoms with Gasteiger partial charge in [0.05, 0.1) is 18.4 Å². The topological polar surface area (TPSA) is 199 Å². The molecule has 13 nitrogen and oxygen atoms in total. The van der Waals surface area contributed by atoms with Gasteiger partial charge in [-0.1, -0.05) is 6.92 Å². The molecular weight excluding hydrogens is 470 g/mol. The first-order valence-electron chi connectivity index (χ1n) is 11.3. The number of carboxylic acids is 2. The fourth-order valence-corrected chi connectivity index (χ4v) is 3.14. The second-order valence-electron chi connectivity index (χ2n) is 8.13. The van der Waals surface area contributed by atoms with E-state index in [9.17, 15) is 24.3 Å². The van der Waals surface area contributed by atoms with Gasteiger partial charge in [0.15, 0.2) is 11.2 Å². The van der Waals surface area contributed by atoms with Crippen LogP contribution in [0, 0.1) is 0 Å². The van der Waals surface area contributed by atoms with Gasteiger partial charge < -0.3 is 26.2 Å². The van der Waals surface area contributed by atoms with Gasteiger partial charge in [-0.05, 0) is 44.0 Å². The van der Waals surface area contributed by atoms with Crippen LogP contribution in [0.15, 0.2) is 35.3 Å². The van der Waals surface area contributed by atoms with Crippen molar-refractivity contribution in [2.45, 2.75) is 51.7 Å². The first kappa shape index (κ1) is 26.1. The van der Waals surface area contributed by atoms with Crippen LogP contribution in [-0.4, -0.2) is 60.1 Å². The maximum atomic E-state index is 12.4. The predicted octanol–water partition coefficient (Wildman–Crippen LogP) is 1.58. The third-order valence-corrected chi connectivity index (χ3v) is 5.33. The normalized spacial score (nSPS) is 12.5. The zero-order valence-corrected chi connectivity index (χ0v) is 19.7. The Morgan fingerprint density at radius 2 is 1.83 bits per heavy atom. The minimum atomic E-state index is -1.31. The molecule has 1 aromatic carbocycles. The van der Waals surface area contributed by atoms with Gasteiger partial charge in [-0.25, -0.2) is 14.8 Å². The van der Waals surface area contributed by atoms with Gasteiger partial charge in [0.2, 0.25) is 5.95 Å². The second kappa shape index (κ2) is 11.7. The summed E-state index contributed by atoms with van der Waals surface area (Å²) < 4.78 is 0. The van der Waals surface area contributed by atoms with E-state index in [2.05, 4.69) is 35.9 Å². The molecule has 0 fully saturated rings. The number of aromatic nitrogens is 4. The molecule has 0 spiro atoms. The van der Waals surface area contributed by atoms with E-state index >= 15 is 0 Å². The number of H-pyrrole nitrogens is 1. The van der Waals surface area contributed by atoms with Crippen LogP contribution in [0.1, 0.15) is 49.2 Å². The van der Waals surface area contributed by atoms with Gasteiger partial charge in [-0.2, -0.15) is 4.98 Å². The summed E-state index contributed by atoms with van der Waals surface area (Å²) in [5.41, 5.74) is 1.31. The number of benzene rings is 1. The van der Waals surface area contributed by atoms with E-state index in [4.69, 9.17) is 5.11 Å². The molecule has 190 valence electrons. The molecule has 6 N–H and O–H groups in total. The number of carboxylic acid groups (broad SMARTS) is 2. The fraction of sp³-hybridized carbons (Fsp3) is 0.348. The lowest BCUT2D eigenvalue weighted by molar-refractivity contribution is -0.140. The maximum Gasteiger partial charge on any atom is 0.326 e. The van der Waals surface area contributed by atoms with E-state index in [0.717, 1.165) is 6.42 Å². The summed E-state index contributed by atoms with van der Waals surface area (Å²) in [4.78, 5) is 62.3. The van der Waals surface area contributed by atoms with Gasteiger partial charge in [-0.15, -0.1) is 0 Å². The van der Waals surface area contributed by atoms with E-state index in [-0.39, 0.29) is 42.2 Å². The SMILES string of the molecule is CCC(C)Nc1nc2ncc(CNc3ccc(C(=O)NC(CCC(=O)O)C(=O)O)cc3)nc2c(=O)[nH]1. The van der Waals surface area contributed by atoms with Crippen molar-refractivity contribution in [2.75, 3.05) is 10.6 Å². The highest BCUT2D eigenvalue weighted by atomic mass is 16.4. The Morgan fingerprint density at radius 3 is 2.47 bits per heavy atom. The number of nitrogens with one attached hydrogen (secondary N) is 4. The maximum absolute atomic E-state index is 12.4. The Bertz CT molecular complexity index is 1310. The van der Waals surface area contributed by atoms with Crippen LogP contribution >= 0.6 is 0 Å². The molecule has 3 rings (SSSR count). The minimum absolute atomic E-state index is 0.118. The molecule has 2 atom stereocenters. The smallest absolute Gasteiger partial charge is 0.326 e. The molecule has 0 saturated carbocycles. The van der Waals surface area contributed by atoms with Crippen LogP contribution < -0.4 is 21.5 Å². The summed E-state index contributed by atoms with van der Waals surface area (Å²) >= 11 is 0. The minimum Gasteiger partial charge on any atom is -0.481 e. The first-order chi connectivity index (χ1) is 17.2. The van der Waals surface area contributed by atoms with Crippen LogP contribution in [0.25, 0.3) is 11.2 Å². The molecular formula is C23H27N7O6. The van der Waals surface area contributed by atoms with Crippen molar-refractivity contribution >= 4 is 40.6 Å². The number of aliphatic carboxylic acids is 2. The number of carbonyl (C=O) groups is 3. The average Bonchev–Trinajstić information content (AvgIpc) is 2.85. The zero-order valence-electron chi connectivity index (χ0n) is 19.7. The molecule has 0 bridgehead atoms. The molecule has 0 radical (unpaired) electrons. The van der Waals surface area contributed by atoms with Gasteiger partial charge in [0.1, 0.15) is 6.04 Å². The number of hydrogen-bond acceptors (Lipinski definition) is 9. The van der Waals surface area contributed by atoms with Gasteiger partial charge in [0.25, 0.3) is 11.5 Å². The van der Waals surface area contributed by atoms with Crippen molar-refractivity contribution < 1.29 is 24.6 Å². The summed E-state index contributed by atoms with van der Waals surface area (Å²) in [5, 5.41) is 26.4. The summed E-state index contributed by atoms with van der Waals surface area (Å²) in [7, 11) is 0. The lowest BCUT2D eigenvalue weighted by Crippen LogP contribution is -2.41. The lowest BCUT2D eigenvalue weighted by atomic mass is 10.1. The Kier molecular flexibility index (Phi) is 8.49. The van der Waals surface area contributed by atoms with Crippen LogP contribution in [-0.2, 0) is 16.1 Å². The van der Waals surface area contributed by atoms with Gasteiger partial charge in [-0.3, -0.25) is 19.4 Å². The summed E-state index contributed by atoms with van der Waals surface area (Å²) in [5.74, 6) is -2.75. The van der Waals surface area contributed by atoms with Crippen molar-refractivity contribution in [3.63, 3.8) is 0 Å². The predicted molar refractivity (Wildman–Crippen MR) is 131 cm³/mol.